The summed E-state index contributed by atoms with van der Waals surface area (Å²) in [5.74, 6) is 1.21. The number of rotatable bonds is 6. The Morgan fingerprint density at radius 1 is 1.38 bits per heavy atom. The van der Waals surface area contributed by atoms with Gasteiger partial charge in [-0.2, -0.15) is 0 Å². The zero-order valence-electron chi connectivity index (χ0n) is 14.6. The molecule has 7 heteroatoms. The highest BCUT2D eigenvalue weighted by atomic mass is 79.9. The summed E-state index contributed by atoms with van der Waals surface area (Å²) in [5.41, 5.74) is 0.433. The van der Waals surface area contributed by atoms with Crippen LogP contribution in [0.25, 0.3) is 0 Å². The van der Waals surface area contributed by atoms with E-state index in [0.717, 1.165) is 15.8 Å². The predicted molar refractivity (Wildman–Crippen MR) is 97.5 cm³/mol. The van der Waals surface area contributed by atoms with Crippen LogP contribution in [0.4, 0.5) is 4.79 Å². The van der Waals surface area contributed by atoms with Crippen molar-refractivity contribution in [1.29, 1.82) is 0 Å². The summed E-state index contributed by atoms with van der Waals surface area (Å²) in [7, 11) is 0. The summed E-state index contributed by atoms with van der Waals surface area (Å²) in [6, 6.07) is 5.67. The second kappa shape index (κ2) is 9.64. The predicted octanol–water partition coefficient (Wildman–Crippen LogP) is 3.65. The van der Waals surface area contributed by atoms with E-state index < -0.39 is 11.7 Å². The molecule has 1 amide bonds. The Morgan fingerprint density at radius 2 is 2.08 bits per heavy atom. The molecule has 24 heavy (non-hydrogen) atoms. The standard InChI is InChI=1S/C17H25BrN2O4/c1-12(20-16(22)24-17(2,3)4)19-11-13-6-7-15(14(18)10-13)23-9-5-8-21/h6-7,10,21H,5,8-9,11H2,1-4H3,(H,19,20,22). The first kappa shape index (κ1) is 20.4. The zero-order valence-corrected chi connectivity index (χ0v) is 16.1. The normalized spacial score (nSPS) is 12.0. The molecule has 0 aliphatic rings. The third-order valence-electron chi connectivity index (χ3n) is 2.74. The van der Waals surface area contributed by atoms with Crippen LogP contribution < -0.4 is 10.1 Å². The molecule has 6 nitrogen and oxygen atoms in total. The SMILES string of the molecule is CC(=NCc1ccc(OCCCO)c(Br)c1)NC(=O)OC(C)(C)C. The minimum Gasteiger partial charge on any atom is -0.492 e. The number of aliphatic imine (C=N–C) groups is 1. The number of ether oxygens (including phenoxy) is 2. The quantitative estimate of drug-likeness (QED) is 0.433. The highest BCUT2D eigenvalue weighted by Crippen LogP contribution is 2.26. The molecule has 0 unspecified atom stereocenters. The van der Waals surface area contributed by atoms with E-state index in [2.05, 4.69) is 26.2 Å². The van der Waals surface area contributed by atoms with E-state index in [1.807, 2.05) is 18.2 Å². The monoisotopic (exact) mass is 400 g/mol. The summed E-state index contributed by atoms with van der Waals surface area (Å²) in [6.45, 7) is 8.13. The summed E-state index contributed by atoms with van der Waals surface area (Å²) in [5, 5.41) is 11.4. The maximum absolute atomic E-state index is 11.6. The van der Waals surface area contributed by atoms with Gasteiger partial charge in [0.2, 0.25) is 0 Å². The number of carbonyl (C=O) groups excluding carboxylic acids is 1. The number of amidine groups is 1. The number of aliphatic hydroxyl groups is 1. The van der Waals surface area contributed by atoms with Crippen LogP contribution in [0.5, 0.6) is 5.75 Å². The van der Waals surface area contributed by atoms with Crippen molar-refractivity contribution in [2.24, 2.45) is 4.99 Å². The Kier molecular flexibility index (Phi) is 8.21. The van der Waals surface area contributed by atoms with Gasteiger partial charge in [-0.3, -0.25) is 10.3 Å². The fourth-order valence-electron chi connectivity index (χ4n) is 1.71. The molecule has 0 heterocycles. The molecule has 1 aromatic rings. The van der Waals surface area contributed by atoms with Gasteiger partial charge >= 0.3 is 6.09 Å². The van der Waals surface area contributed by atoms with E-state index in [-0.39, 0.29) is 6.61 Å². The number of benzene rings is 1. The van der Waals surface area contributed by atoms with E-state index in [4.69, 9.17) is 14.6 Å². The summed E-state index contributed by atoms with van der Waals surface area (Å²) in [4.78, 5) is 16.0. The molecule has 0 fully saturated rings. The molecule has 0 aliphatic heterocycles. The van der Waals surface area contributed by atoms with Gasteiger partial charge in [0.05, 0.1) is 17.6 Å². The Morgan fingerprint density at radius 3 is 2.67 bits per heavy atom. The average Bonchev–Trinajstić information content (AvgIpc) is 2.45. The van der Waals surface area contributed by atoms with Crippen LogP contribution in [-0.2, 0) is 11.3 Å². The van der Waals surface area contributed by atoms with Crippen LogP contribution in [0.1, 0.15) is 39.7 Å². The molecule has 0 saturated heterocycles. The number of alkyl carbamates (subject to hydrolysis) is 1. The number of hydrogen-bond acceptors (Lipinski definition) is 5. The Balaban J connectivity index is 2.56. The highest BCUT2D eigenvalue weighted by molar-refractivity contribution is 9.10. The topological polar surface area (TPSA) is 80.2 Å². The maximum Gasteiger partial charge on any atom is 0.413 e. The summed E-state index contributed by atoms with van der Waals surface area (Å²) in [6.07, 6.45) is 0.0751. The van der Waals surface area contributed by atoms with E-state index >= 15 is 0 Å². The number of nitrogens with zero attached hydrogens (tertiary/aromatic N) is 1. The first-order valence-electron chi connectivity index (χ1n) is 7.74. The molecular formula is C17H25BrN2O4. The number of amides is 1. The molecule has 0 spiro atoms. The summed E-state index contributed by atoms with van der Waals surface area (Å²) >= 11 is 3.45. The van der Waals surface area contributed by atoms with Crippen molar-refractivity contribution >= 4 is 27.9 Å². The fraction of sp³-hybridized carbons (Fsp3) is 0.529. The third-order valence-corrected chi connectivity index (χ3v) is 3.36. The number of halogens is 1. The first-order valence-corrected chi connectivity index (χ1v) is 8.53. The van der Waals surface area contributed by atoms with Gasteiger partial charge in [0, 0.05) is 13.0 Å². The van der Waals surface area contributed by atoms with Crippen molar-refractivity contribution in [2.75, 3.05) is 13.2 Å². The minimum absolute atomic E-state index is 0.105. The van der Waals surface area contributed by atoms with Crippen LogP contribution in [0.15, 0.2) is 27.7 Å². The van der Waals surface area contributed by atoms with Gasteiger partial charge < -0.3 is 14.6 Å². The van der Waals surface area contributed by atoms with Crippen LogP contribution >= 0.6 is 15.9 Å². The van der Waals surface area contributed by atoms with Crippen LogP contribution in [0, 0.1) is 0 Å². The lowest BCUT2D eigenvalue weighted by Gasteiger charge is -2.19. The lowest BCUT2D eigenvalue weighted by Crippen LogP contribution is -2.35. The van der Waals surface area contributed by atoms with Crippen LogP contribution in [0.3, 0.4) is 0 Å². The number of aliphatic hydroxyl groups excluding tert-OH is 1. The molecule has 0 atom stereocenters. The molecule has 0 radical (unpaired) electrons. The van der Waals surface area contributed by atoms with Gasteiger partial charge in [0.25, 0.3) is 0 Å². The molecule has 2 N–H and O–H groups in total. The number of nitrogens with one attached hydrogen (secondary N) is 1. The lowest BCUT2D eigenvalue weighted by atomic mass is 10.2. The van der Waals surface area contributed by atoms with Crippen molar-refractivity contribution in [3.63, 3.8) is 0 Å². The Hall–Kier alpha value is -1.60. The zero-order chi connectivity index (χ0) is 18.2. The Labute approximate surface area is 151 Å². The van der Waals surface area contributed by atoms with Gasteiger partial charge in [-0.05, 0) is 61.3 Å². The molecular weight excluding hydrogens is 376 g/mol. The van der Waals surface area contributed by atoms with Gasteiger partial charge in [0.15, 0.2) is 0 Å². The van der Waals surface area contributed by atoms with Crippen molar-refractivity contribution in [1.82, 2.24) is 5.32 Å². The minimum atomic E-state index is -0.541. The third kappa shape index (κ3) is 8.31. The van der Waals surface area contributed by atoms with Crippen molar-refractivity contribution < 1.29 is 19.4 Å². The van der Waals surface area contributed by atoms with Gasteiger partial charge in [0.1, 0.15) is 17.2 Å². The van der Waals surface area contributed by atoms with Crippen molar-refractivity contribution in [3.8, 4) is 5.75 Å². The van der Waals surface area contributed by atoms with Gasteiger partial charge in [-0.25, -0.2) is 4.79 Å². The number of carbonyl (C=O) groups is 1. The largest absolute Gasteiger partial charge is 0.492 e. The molecule has 1 rings (SSSR count). The first-order chi connectivity index (χ1) is 11.2. The lowest BCUT2D eigenvalue weighted by molar-refractivity contribution is 0.0562. The van der Waals surface area contributed by atoms with Crippen LogP contribution in [0.2, 0.25) is 0 Å². The molecule has 0 bridgehead atoms. The molecule has 0 aliphatic carbocycles. The van der Waals surface area contributed by atoms with E-state index in [0.29, 0.717) is 25.4 Å². The second-order valence-electron chi connectivity index (χ2n) is 6.22. The van der Waals surface area contributed by atoms with Gasteiger partial charge in [-0.1, -0.05) is 6.07 Å². The molecule has 1 aromatic carbocycles. The highest BCUT2D eigenvalue weighted by Gasteiger charge is 2.16. The molecule has 0 saturated carbocycles. The van der Waals surface area contributed by atoms with Gasteiger partial charge in [-0.15, -0.1) is 0 Å². The molecule has 0 aromatic heterocycles. The molecule has 134 valence electrons. The second-order valence-corrected chi connectivity index (χ2v) is 7.07. The van der Waals surface area contributed by atoms with Crippen molar-refractivity contribution in [2.45, 2.75) is 46.3 Å². The smallest absolute Gasteiger partial charge is 0.413 e. The number of hydrogen-bond donors (Lipinski definition) is 2. The summed E-state index contributed by atoms with van der Waals surface area (Å²) < 4.78 is 11.5. The van der Waals surface area contributed by atoms with E-state index in [1.54, 1.807) is 27.7 Å². The maximum atomic E-state index is 11.6. The average molecular weight is 401 g/mol. The van der Waals surface area contributed by atoms with Crippen LogP contribution in [-0.4, -0.2) is 35.9 Å². The Bertz CT molecular complexity index is 582. The van der Waals surface area contributed by atoms with E-state index in [1.165, 1.54) is 0 Å². The van der Waals surface area contributed by atoms with Crippen molar-refractivity contribution in [3.05, 3.63) is 28.2 Å². The fourth-order valence-corrected chi connectivity index (χ4v) is 2.25. The van der Waals surface area contributed by atoms with E-state index in [9.17, 15) is 4.79 Å².